The van der Waals surface area contributed by atoms with Crippen molar-refractivity contribution in [2.45, 2.75) is 19.9 Å². The van der Waals surface area contributed by atoms with Crippen LogP contribution in [0.1, 0.15) is 28.4 Å². The van der Waals surface area contributed by atoms with Gasteiger partial charge in [0.25, 0.3) is 0 Å². The molecule has 0 spiro atoms. The van der Waals surface area contributed by atoms with Gasteiger partial charge in [0.1, 0.15) is 0 Å². The van der Waals surface area contributed by atoms with Crippen LogP contribution in [0.15, 0.2) is 24.4 Å². The van der Waals surface area contributed by atoms with E-state index in [4.69, 9.17) is 4.74 Å². The zero-order chi connectivity index (χ0) is 13.8. The summed E-state index contributed by atoms with van der Waals surface area (Å²) in [6, 6.07) is 5.02. The highest BCUT2D eigenvalue weighted by atomic mass is 32.1. The Kier molecular flexibility index (Phi) is 4.50. The summed E-state index contributed by atoms with van der Waals surface area (Å²) >= 11 is 1.62. The highest BCUT2D eigenvalue weighted by molar-refractivity contribution is 7.11. The summed E-state index contributed by atoms with van der Waals surface area (Å²) in [5.74, 6) is -0.0800. The van der Waals surface area contributed by atoms with Crippen LogP contribution in [0.5, 0.6) is 5.75 Å². The molecule has 0 aliphatic carbocycles. The van der Waals surface area contributed by atoms with E-state index in [0.717, 1.165) is 22.0 Å². The largest absolute Gasteiger partial charge is 0.494 e. The molecule has 5 heteroatoms. The minimum atomic E-state index is -0.343. The van der Waals surface area contributed by atoms with Crippen LogP contribution < -0.4 is 10.1 Å². The molecule has 0 radical (unpaired) electrons. The molecule has 0 saturated heterocycles. The predicted molar refractivity (Wildman–Crippen MR) is 75.3 cm³/mol. The highest BCUT2D eigenvalue weighted by Gasteiger charge is 2.17. The quantitative estimate of drug-likeness (QED) is 0.912. The fourth-order valence-corrected chi connectivity index (χ4v) is 2.85. The lowest BCUT2D eigenvalue weighted by atomic mass is 10.1. The molecule has 0 aliphatic rings. The first kappa shape index (κ1) is 14.0. The second-order valence-electron chi connectivity index (χ2n) is 4.17. The number of thiazole rings is 1. The average Bonchev–Trinajstić information content (AvgIpc) is 2.82. The van der Waals surface area contributed by atoms with Crippen LogP contribution in [-0.2, 0) is 0 Å². The third-order valence-corrected chi connectivity index (χ3v) is 3.82. The molecule has 2 aromatic rings. The molecular formula is C14H17FN2OS. The number of nitrogens with zero attached hydrogens (tertiary/aromatic N) is 1. The summed E-state index contributed by atoms with van der Waals surface area (Å²) in [7, 11) is 1.46. The summed E-state index contributed by atoms with van der Waals surface area (Å²) in [5.41, 5.74) is 0.879. The monoisotopic (exact) mass is 280 g/mol. The number of aromatic nitrogens is 1. The van der Waals surface area contributed by atoms with E-state index in [1.807, 2.05) is 26.1 Å². The van der Waals surface area contributed by atoms with Crippen molar-refractivity contribution in [1.82, 2.24) is 10.3 Å². The molecule has 2 rings (SSSR count). The maximum atomic E-state index is 13.8. The van der Waals surface area contributed by atoms with Gasteiger partial charge in [-0.2, -0.15) is 0 Å². The molecule has 0 aliphatic heterocycles. The van der Waals surface area contributed by atoms with E-state index in [-0.39, 0.29) is 17.6 Å². The fourth-order valence-electron chi connectivity index (χ4n) is 1.96. The average molecular weight is 280 g/mol. The number of nitrogens with one attached hydrogen (secondary N) is 1. The highest BCUT2D eigenvalue weighted by Crippen LogP contribution is 2.29. The molecule has 1 aromatic heterocycles. The zero-order valence-corrected chi connectivity index (χ0v) is 12.1. The number of benzene rings is 1. The van der Waals surface area contributed by atoms with E-state index in [2.05, 4.69) is 10.3 Å². The first-order valence-corrected chi connectivity index (χ1v) is 6.96. The van der Waals surface area contributed by atoms with Gasteiger partial charge in [-0.15, -0.1) is 11.3 Å². The van der Waals surface area contributed by atoms with E-state index in [1.165, 1.54) is 13.2 Å². The maximum Gasteiger partial charge on any atom is 0.165 e. The Balaban J connectivity index is 2.36. The Bertz CT molecular complexity index is 556. The number of hydrogen-bond acceptors (Lipinski definition) is 4. The van der Waals surface area contributed by atoms with Crippen LogP contribution in [-0.4, -0.2) is 18.6 Å². The van der Waals surface area contributed by atoms with Crippen molar-refractivity contribution in [1.29, 1.82) is 0 Å². The van der Waals surface area contributed by atoms with Gasteiger partial charge >= 0.3 is 0 Å². The van der Waals surface area contributed by atoms with Crippen molar-refractivity contribution < 1.29 is 9.13 Å². The van der Waals surface area contributed by atoms with E-state index < -0.39 is 0 Å². The predicted octanol–water partition coefficient (Wildman–Crippen LogP) is 3.30. The van der Waals surface area contributed by atoms with Crippen molar-refractivity contribution in [2.24, 2.45) is 0 Å². The smallest absolute Gasteiger partial charge is 0.165 e. The van der Waals surface area contributed by atoms with Crippen LogP contribution >= 0.6 is 11.3 Å². The molecule has 0 saturated carbocycles. The summed E-state index contributed by atoms with van der Waals surface area (Å²) in [6.45, 7) is 4.79. The van der Waals surface area contributed by atoms with E-state index in [9.17, 15) is 4.39 Å². The normalized spacial score (nSPS) is 12.4. The Hall–Kier alpha value is -1.46. The van der Waals surface area contributed by atoms with Gasteiger partial charge in [0, 0.05) is 11.1 Å². The molecule has 1 atom stereocenters. The van der Waals surface area contributed by atoms with Crippen LogP contribution in [0.2, 0.25) is 0 Å². The number of aryl methyl sites for hydroxylation is 1. The van der Waals surface area contributed by atoms with Crippen LogP contribution in [0, 0.1) is 12.7 Å². The maximum absolute atomic E-state index is 13.8. The molecule has 0 bridgehead atoms. The topological polar surface area (TPSA) is 34.1 Å². The third-order valence-electron chi connectivity index (χ3n) is 2.84. The summed E-state index contributed by atoms with van der Waals surface area (Å²) in [5, 5.41) is 4.36. The molecule has 3 nitrogen and oxygen atoms in total. The first-order valence-electron chi connectivity index (χ1n) is 6.14. The summed E-state index contributed by atoms with van der Waals surface area (Å²) < 4.78 is 18.8. The second-order valence-corrected chi connectivity index (χ2v) is 5.43. The minimum absolute atomic E-state index is 0.0309. The lowest BCUT2D eigenvalue weighted by Crippen LogP contribution is -2.21. The Labute approximate surface area is 116 Å². The number of hydrogen-bond donors (Lipinski definition) is 1. The SMILES string of the molecule is CCNC(c1ccc(OC)c(F)c1)c1cnc(C)s1. The third kappa shape index (κ3) is 3.11. The molecule has 1 aromatic carbocycles. The van der Waals surface area contributed by atoms with Crippen LogP contribution in [0.4, 0.5) is 4.39 Å². The van der Waals surface area contributed by atoms with Crippen molar-refractivity contribution >= 4 is 11.3 Å². The molecule has 1 unspecified atom stereocenters. The van der Waals surface area contributed by atoms with Gasteiger partial charge in [0.15, 0.2) is 11.6 Å². The molecule has 1 heterocycles. The minimum Gasteiger partial charge on any atom is -0.494 e. The van der Waals surface area contributed by atoms with E-state index in [1.54, 1.807) is 17.4 Å². The van der Waals surface area contributed by atoms with Gasteiger partial charge < -0.3 is 10.1 Å². The Morgan fingerprint density at radius 3 is 2.79 bits per heavy atom. The van der Waals surface area contributed by atoms with Crippen molar-refractivity contribution in [3.8, 4) is 5.75 Å². The van der Waals surface area contributed by atoms with Gasteiger partial charge in [-0.25, -0.2) is 9.37 Å². The summed E-state index contributed by atoms with van der Waals surface area (Å²) in [4.78, 5) is 5.35. The molecule has 0 fully saturated rings. The molecule has 19 heavy (non-hydrogen) atoms. The van der Waals surface area contributed by atoms with Crippen LogP contribution in [0.3, 0.4) is 0 Å². The lowest BCUT2D eigenvalue weighted by Gasteiger charge is -2.17. The molecular weight excluding hydrogens is 263 g/mol. The van der Waals surface area contributed by atoms with Crippen molar-refractivity contribution in [2.75, 3.05) is 13.7 Å². The second kappa shape index (κ2) is 6.12. The Morgan fingerprint density at radius 2 is 2.26 bits per heavy atom. The fraction of sp³-hybridized carbons (Fsp3) is 0.357. The van der Waals surface area contributed by atoms with Crippen molar-refractivity contribution in [3.05, 3.63) is 45.7 Å². The first-order chi connectivity index (χ1) is 9.15. The summed E-state index contributed by atoms with van der Waals surface area (Å²) in [6.07, 6.45) is 1.84. The number of methoxy groups -OCH3 is 1. The molecule has 1 N–H and O–H groups in total. The zero-order valence-electron chi connectivity index (χ0n) is 11.2. The Morgan fingerprint density at radius 1 is 1.47 bits per heavy atom. The van der Waals surface area contributed by atoms with Crippen molar-refractivity contribution in [3.63, 3.8) is 0 Å². The standard InChI is InChI=1S/C14H17FN2OS/c1-4-16-14(13-8-17-9(2)19-13)10-5-6-12(18-3)11(15)7-10/h5-8,14,16H,4H2,1-3H3. The molecule has 102 valence electrons. The van der Waals surface area contributed by atoms with Gasteiger partial charge in [-0.05, 0) is 31.2 Å². The van der Waals surface area contributed by atoms with Gasteiger partial charge in [0.05, 0.1) is 18.2 Å². The van der Waals surface area contributed by atoms with Gasteiger partial charge in [-0.1, -0.05) is 13.0 Å². The number of rotatable bonds is 5. The number of ether oxygens (including phenoxy) is 1. The van der Waals surface area contributed by atoms with Gasteiger partial charge in [0.2, 0.25) is 0 Å². The van der Waals surface area contributed by atoms with Crippen LogP contribution in [0.25, 0.3) is 0 Å². The lowest BCUT2D eigenvalue weighted by molar-refractivity contribution is 0.386. The number of halogens is 1. The van der Waals surface area contributed by atoms with E-state index >= 15 is 0 Å². The van der Waals surface area contributed by atoms with E-state index in [0.29, 0.717) is 0 Å². The van der Waals surface area contributed by atoms with Gasteiger partial charge in [-0.3, -0.25) is 0 Å². The molecule has 0 amide bonds.